The number of halogens is 1. The van der Waals surface area contributed by atoms with Gasteiger partial charge in [-0.1, -0.05) is 0 Å². The van der Waals surface area contributed by atoms with Gasteiger partial charge >= 0.3 is 0 Å². The van der Waals surface area contributed by atoms with Crippen LogP contribution in [0.25, 0.3) is 0 Å². The second-order valence-electron chi connectivity index (χ2n) is 5.78. The number of carbonyl (C=O) groups excluding carboxylic acids is 2. The molecule has 7 heteroatoms. The van der Waals surface area contributed by atoms with Crippen LogP contribution in [-0.4, -0.2) is 16.8 Å². The van der Waals surface area contributed by atoms with Crippen molar-refractivity contribution in [1.29, 1.82) is 0 Å². The molecular weight excluding hydrogens is 347 g/mol. The highest BCUT2D eigenvalue weighted by atomic mass is 19.1. The molecule has 1 heterocycles. The summed E-state index contributed by atoms with van der Waals surface area (Å²) in [5.74, 6) is -0.822. The fraction of sp³-hybridized carbons (Fsp3) is 0.0500. The lowest BCUT2D eigenvalue weighted by atomic mass is 10.2. The summed E-state index contributed by atoms with van der Waals surface area (Å²) in [6.07, 6.45) is 1.53. The van der Waals surface area contributed by atoms with Crippen LogP contribution in [0.2, 0.25) is 0 Å². The van der Waals surface area contributed by atoms with Gasteiger partial charge in [-0.25, -0.2) is 9.37 Å². The van der Waals surface area contributed by atoms with Gasteiger partial charge in [-0.3, -0.25) is 9.59 Å². The van der Waals surface area contributed by atoms with E-state index >= 15 is 0 Å². The predicted molar refractivity (Wildman–Crippen MR) is 103 cm³/mol. The van der Waals surface area contributed by atoms with Gasteiger partial charge in [-0.2, -0.15) is 0 Å². The van der Waals surface area contributed by atoms with Gasteiger partial charge in [0.15, 0.2) is 0 Å². The van der Waals surface area contributed by atoms with Crippen LogP contribution in [0.5, 0.6) is 0 Å². The zero-order chi connectivity index (χ0) is 19.2. The normalized spacial score (nSPS) is 10.1. The maximum Gasteiger partial charge on any atom is 0.274 e. The van der Waals surface area contributed by atoms with Crippen molar-refractivity contribution in [1.82, 2.24) is 4.98 Å². The SMILES string of the molecule is CC(=O)Nc1ccc(NC(=O)c2ccc(Nc3ccc(F)cc3)cn2)cc1. The Morgan fingerprint density at radius 1 is 0.778 bits per heavy atom. The predicted octanol–water partition coefficient (Wildman–Crippen LogP) is 4.18. The summed E-state index contributed by atoms with van der Waals surface area (Å²) >= 11 is 0. The molecule has 6 nitrogen and oxygen atoms in total. The molecule has 0 spiro atoms. The lowest BCUT2D eigenvalue weighted by Crippen LogP contribution is -2.13. The van der Waals surface area contributed by atoms with Crippen LogP contribution in [0, 0.1) is 5.82 Å². The lowest BCUT2D eigenvalue weighted by Gasteiger charge is -2.08. The minimum Gasteiger partial charge on any atom is -0.354 e. The van der Waals surface area contributed by atoms with Gasteiger partial charge in [0, 0.05) is 24.0 Å². The minimum atomic E-state index is -0.351. The highest BCUT2D eigenvalue weighted by Crippen LogP contribution is 2.17. The van der Waals surface area contributed by atoms with E-state index in [0.29, 0.717) is 17.1 Å². The van der Waals surface area contributed by atoms with Crippen LogP contribution < -0.4 is 16.0 Å². The van der Waals surface area contributed by atoms with E-state index in [9.17, 15) is 14.0 Å². The van der Waals surface area contributed by atoms with Crippen molar-refractivity contribution in [2.45, 2.75) is 6.92 Å². The Bertz CT molecular complexity index is 939. The third-order valence-corrected chi connectivity index (χ3v) is 3.59. The van der Waals surface area contributed by atoms with Gasteiger partial charge < -0.3 is 16.0 Å². The topological polar surface area (TPSA) is 83.1 Å². The Hall–Kier alpha value is -3.74. The molecule has 0 aliphatic heterocycles. The van der Waals surface area contributed by atoms with E-state index in [1.54, 1.807) is 48.5 Å². The van der Waals surface area contributed by atoms with Gasteiger partial charge in [0.05, 0.1) is 11.9 Å². The Morgan fingerprint density at radius 3 is 1.89 bits per heavy atom. The first-order valence-electron chi connectivity index (χ1n) is 8.17. The number of nitrogens with zero attached hydrogens (tertiary/aromatic N) is 1. The second-order valence-corrected chi connectivity index (χ2v) is 5.78. The van der Waals surface area contributed by atoms with Crippen LogP contribution in [-0.2, 0) is 4.79 Å². The van der Waals surface area contributed by atoms with Crippen molar-refractivity contribution in [3.8, 4) is 0 Å². The Morgan fingerprint density at radius 2 is 1.33 bits per heavy atom. The van der Waals surface area contributed by atoms with Crippen LogP contribution in [0.15, 0.2) is 66.9 Å². The number of benzene rings is 2. The molecule has 0 atom stereocenters. The Kier molecular flexibility index (Phi) is 5.41. The van der Waals surface area contributed by atoms with Gasteiger partial charge in [0.1, 0.15) is 11.5 Å². The fourth-order valence-corrected chi connectivity index (χ4v) is 2.34. The van der Waals surface area contributed by atoms with E-state index < -0.39 is 0 Å². The first-order valence-corrected chi connectivity index (χ1v) is 8.17. The van der Waals surface area contributed by atoms with Crippen molar-refractivity contribution in [2.24, 2.45) is 0 Å². The molecule has 3 rings (SSSR count). The van der Waals surface area contributed by atoms with Crippen LogP contribution in [0.1, 0.15) is 17.4 Å². The summed E-state index contributed by atoms with van der Waals surface area (Å²) in [5, 5.41) is 8.47. The number of amides is 2. The molecule has 0 fully saturated rings. The van der Waals surface area contributed by atoms with Crippen molar-refractivity contribution in [2.75, 3.05) is 16.0 Å². The van der Waals surface area contributed by atoms with E-state index in [4.69, 9.17) is 0 Å². The first-order chi connectivity index (χ1) is 13.0. The maximum absolute atomic E-state index is 12.9. The van der Waals surface area contributed by atoms with E-state index in [-0.39, 0.29) is 23.3 Å². The van der Waals surface area contributed by atoms with Crippen molar-refractivity contribution < 1.29 is 14.0 Å². The van der Waals surface area contributed by atoms with Crippen LogP contribution in [0.3, 0.4) is 0 Å². The van der Waals surface area contributed by atoms with Gasteiger partial charge in [0.2, 0.25) is 5.91 Å². The number of pyridine rings is 1. The average molecular weight is 364 g/mol. The highest BCUT2D eigenvalue weighted by Gasteiger charge is 2.08. The van der Waals surface area contributed by atoms with Gasteiger partial charge in [-0.05, 0) is 60.7 Å². The first kappa shape index (κ1) is 18.1. The number of anilines is 4. The largest absolute Gasteiger partial charge is 0.354 e. The highest BCUT2D eigenvalue weighted by molar-refractivity contribution is 6.03. The summed E-state index contributed by atoms with van der Waals surface area (Å²) < 4.78 is 12.9. The van der Waals surface area contributed by atoms with Gasteiger partial charge in [-0.15, -0.1) is 0 Å². The number of rotatable bonds is 5. The van der Waals surface area contributed by atoms with Crippen molar-refractivity contribution >= 4 is 34.6 Å². The monoisotopic (exact) mass is 364 g/mol. The summed E-state index contributed by atoms with van der Waals surface area (Å²) in [5.41, 5.74) is 2.89. The minimum absolute atomic E-state index is 0.162. The molecule has 0 aliphatic rings. The smallest absolute Gasteiger partial charge is 0.274 e. The Balaban J connectivity index is 1.61. The van der Waals surface area contributed by atoms with E-state index in [1.165, 1.54) is 25.3 Å². The standard InChI is InChI=1S/C20H17FN4O2/c1-13(26)23-15-6-8-17(9-7-15)25-20(27)19-11-10-18(12-22-19)24-16-4-2-14(21)3-5-16/h2-12,24H,1H3,(H,23,26)(H,25,27). The molecule has 0 bridgehead atoms. The quantitative estimate of drug-likeness (QED) is 0.634. The molecule has 27 heavy (non-hydrogen) atoms. The molecule has 0 saturated carbocycles. The van der Waals surface area contributed by atoms with Crippen LogP contribution >= 0.6 is 0 Å². The summed E-state index contributed by atoms with van der Waals surface area (Å²) in [6, 6.07) is 16.0. The molecule has 0 radical (unpaired) electrons. The van der Waals surface area contributed by atoms with E-state index in [2.05, 4.69) is 20.9 Å². The third-order valence-electron chi connectivity index (χ3n) is 3.59. The van der Waals surface area contributed by atoms with Crippen molar-refractivity contribution in [3.63, 3.8) is 0 Å². The third kappa shape index (κ3) is 5.12. The Labute approximate surface area is 155 Å². The molecule has 0 unspecified atom stereocenters. The molecule has 2 amide bonds. The zero-order valence-corrected chi connectivity index (χ0v) is 14.5. The molecular formula is C20H17FN4O2. The number of nitrogens with one attached hydrogen (secondary N) is 3. The zero-order valence-electron chi connectivity index (χ0n) is 14.5. The fourth-order valence-electron chi connectivity index (χ4n) is 2.34. The van der Waals surface area contributed by atoms with E-state index in [1.807, 2.05) is 0 Å². The second kappa shape index (κ2) is 8.09. The van der Waals surface area contributed by atoms with Gasteiger partial charge in [0.25, 0.3) is 5.91 Å². The summed E-state index contributed by atoms with van der Waals surface area (Å²) in [7, 11) is 0. The maximum atomic E-state index is 12.9. The molecule has 3 aromatic rings. The van der Waals surface area contributed by atoms with Crippen molar-refractivity contribution in [3.05, 3.63) is 78.4 Å². The van der Waals surface area contributed by atoms with E-state index in [0.717, 1.165) is 5.69 Å². The molecule has 1 aromatic heterocycles. The average Bonchev–Trinajstić information content (AvgIpc) is 2.65. The molecule has 0 saturated heterocycles. The number of hydrogen-bond acceptors (Lipinski definition) is 4. The molecule has 0 aliphatic carbocycles. The number of carbonyl (C=O) groups is 2. The molecule has 2 aromatic carbocycles. The summed E-state index contributed by atoms with van der Waals surface area (Å²) in [6.45, 7) is 1.43. The molecule has 136 valence electrons. The lowest BCUT2D eigenvalue weighted by molar-refractivity contribution is -0.114. The summed E-state index contributed by atoms with van der Waals surface area (Å²) in [4.78, 5) is 27.4. The molecule has 3 N–H and O–H groups in total. The number of aromatic nitrogens is 1. The number of hydrogen-bond donors (Lipinski definition) is 3. The van der Waals surface area contributed by atoms with Crippen LogP contribution in [0.4, 0.5) is 27.1 Å².